The van der Waals surface area contributed by atoms with Crippen LogP contribution in [0, 0.1) is 17.0 Å². The molecule has 0 atom stereocenters. The summed E-state index contributed by atoms with van der Waals surface area (Å²) in [4.78, 5) is 24.1. The van der Waals surface area contributed by atoms with Crippen molar-refractivity contribution < 1.29 is 14.8 Å². The maximum atomic E-state index is 13.1. The third-order valence-electron chi connectivity index (χ3n) is 4.85. The maximum absolute atomic E-state index is 13.1. The van der Waals surface area contributed by atoms with Crippen molar-refractivity contribution in [1.29, 1.82) is 0 Å². The summed E-state index contributed by atoms with van der Waals surface area (Å²) >= 11 is 1.36. The highest BCUT2D eigenvalue weighted by molar-refractivity contribution is 7.21. The molecule has 0 spiro atoms. The Hall–Kier alpha value is -3.71. The van der Waals surface area contributed by atoms with Gasteiger partial charge in [0.2, 0.25) is 0 Å². The number of hydrogen-bond acceptors (Lipinski definition) is 5. The summed E-state index contributed by atoms with van der Waals surface area (Å²) in [6, 6.07) is 19.5. The van der Waals surface area contributed by atoms with Gasteiger partial charge < -0.3 is 10.4 Å². The molecule has 2 N–H and O–H groups in total. The highest BCUT2D eigenvalue weighted by Crippen LogP contribution is 2.35. The Bertz CT molecular complexity index is 1260. The molecule has 0 radical (unpaired) electrons. The molecule has 0 bridgehead atoms. The Labute approximate surface area is 176 Å². The summed E-state index contributed by atoms with van der Waals surface area (Å²) in [7, 11) is 0. The molecule has 0 aliphatic heterocycles. The molecule has 1 amide bonds. The Balaban J connectivity index is 1.73. The first-order valence-electron chi connectivity index (χ1n) is 9.27. The lowest BCUT2D eigenvalue weighted by molar-refractivity contribution is -0.384. The zero-order chi connectivity index (χ0) is 21.3. The van der Waals surface area contributed by atoms with Crippen LogP contribution in [0.1, 0.15) is 26.4 Å². The van der Waals surface area contributed by atoms with Gasteiger partial charge in [0.15, 0.2) is 0 Å². The number of carbonyl (C=O) groups excluding carboxylic acids is 1. The molecule has 30 heavy (non-hydrogen) atoms. The summed E-state index contributed by atoms with van der Waals surface area (Å²) in [5.74, 6) is -0.635. The summed E-state index contributed by atoms with van der Waals surface area (Å²) in [5.41, 5.74) is 2.93. The second-order valence-corrected chi connectivity index (χ2v) is 8.03. The molecule has 0 saturated heterocycles. The van der Waals surface area contributed by atoms with Crippen molar-refractivity contribution in [2.45, 2.75) is 13.3 Å². The molecule has 7 heteroatoms. The first kappa shape index (κ1) is 19.6. The van der Waals surface area contributed by atoms with Crippen LogP contribution in [0.5, 0.6) is 5.75 Å². The first-order valence-corrected chi connectivity index (χ1v) is 10.1. The molecule has 150 valence electrons. The fraction of sp³-hybridized carbons (Fsp3) is 0.0870. The Morgan fingerprint density at radius 1 is 1.10 bits per heavy atom. The quantitative estimate of drug-likeness (QED) is 0.248. The third kappa shape index (κ3) is 3.88. The van der Waals surface area contributed by atoms with Crippen LogP contribution in [-0.4, -0.2) is 15.9 Å². The van der Waals surface area contributed by atoms with Crippen molar-refractivity contribution in [3.8, 4) is 5.75 Å². The number of non-ortho nitro benzene ring substituents is 1. The number of rotatable bonds is 5. The van der Waals surface area contributed by atoms with Crippen LogP contribution in [0.2, 0.25) is 0 Å². The van der Waals surface area contributed by atoms with Gasteiger partial charge in [0.05, 0.1) is 15.5 Å². The monoisotopic (exact) mass is 418 g/mol. The van der Waals surface area contributed by atoms with Crippen LogP contribution < -0.4 is 5.32 Å². The van der Waals surface area contributed by atoms with E-state index >= 15 is 0 Å². The summed E-state index contributed by atoms with van der Waals surface area (Å²) in [6.45, 7) is 2.02. The fourth-order valence-corrected chi connectivity index (χ4v) is 4.40. The molecule has 0 aliphatic carbocycles. The molecule has 0 unspecified atom stereocenters. The van der Waals surface area contributed by atoms with Gasteiger partial charge in [-0.05, 0) is 42.0 Å². The number of nitrogens with one attached hydrogen (secondary N) is 1. The van der Waals surface area contributed by atoms with Crippen molar-refractivity contribution in [3.63, 3.8) is 0 Å². The summed E-state index contributed by atoms with van der Waals surface area (Å²) < 4.78 is 0.980. The topological polar surface area (TPSA) is 92.5 Å². The predicted molar refractivity (Wildman–Crippen MR) is 119 cm³/mol. The lowest BCUT2D eigenvalue weighted by Gasteiger charge is -2.09. The summed E-state index contributed by atoms with van der Waals surface area (Å²) in [5, 5.41) is 24.7. The number of hydrogen-bond donors (Lipinski definition) is 2. The number of fused-ring (bicyclic) bond motifs is 1. The van der Waals surface area contributed by atoms with Crippen molar-refractivity contribution in [3.05, 3.63) is 98.4 Å². The number of phenolic OH excluding ortho intramolecular Hbond substituents is 1. The van der Waals surface area contributed by atoms with Crippen molar-refractivity contribution in [2.24, 2.45) is 0 Å². The number of thiophene rings is 1. The van der Waals surface area contributed by atoms with E-state index in [1.807, 2.05) is 55.5 Å². The van der Waals surface area contributed by atoms with Crippen LogP contribution in [0.4, 0.5) is 11.4 Å². The number of aromatic hydroxyl groups is 1. The van der Waals surface area contributed by atoms with Gasteiger partial charge in [0.1, 0.15) is 5.75 Å². The number of benzene rings is 3. The number of nitrogens with zero attached hydrogens (tertiary/aromatic N) is 1. The van der Waals surface area contributed by atoms with Crippen molar-refractivity contribution in [2.75, 3.05) is 5.32 Å². The first-order chi connectivity index (χ1) is 14.4. The van der Waals surface area contributed by atoms with E-state index in [2.05, 4.69) is 5.32 Å². The van der Waals surface area contributed by atoms with Crippen molar-refractivity contribution in [1.82, 2.24) is 0 Å². The zero-order valence-electron chi connectivity index (χ0n) is 16.1. The number of anilines is 1. The number of carbonyl (C=O) groups is 1. The normalized spacial score (nSPS) is 10.8. The zero-order valence-corrected chi connectivity index (χ0v) is 16.9. The van der Waals surface area contributed by atoms with E-state index in [-0.39, 0.29) is 17.1 Å². The van der Waals surface area contributed by atoms with Gasteiger partial charge >= 0.3 is 0 Å². The van der Waals surface area contributed by atoms with E-state index in [9.17, 15) is 20.0 Å². The molecule has 0 saturated carbocycles. The Kier molecular flexibility index (Phi) is 5.20. The minimum Gasteiger partial charge on any atom is -0.506 e. The molecule has 0 fully saturated rings. The fourth-order valence-electron chi connectivity index (χ4n) is 3.28. The van der Waals surface area contributed by atoms with Gasteiger partial charge in [-0.1, -0.05) is 48.0 Å². The lowest BCUT2D eigenvalue weighted by atomic mass is 10.0. The van der Waals surface area contributed by atoms with Crippen LogP contribution in [-0.2, 0) is 6.42 Å². The average molecular weight is 418 g/mol. The molecular weight excluding hydrogens is 400 g/mol. The Morgan fingerprint density at radius 3 is 2.57 bits per heavy atom. The smallest absolute Gasteiger partial charge is 0.271 e. The van der Waals surface area contributed by atoms with Gasteiger partial charge in [-0.2, -0.15) is 0 Å². The average Bonchev–Trinajstić information content (AvgIpc) is 3.10. The number of aryl methyl sites for hydroxylation is 1. The third-order valence-corrected chi connectivity index (χ3v) is 6.06. The predicted octanol–water partition coefficient (Wildman–Crippen LogP) is 5.67. The van der Waals surface area contributed by atoms with Crippen LogP contribution >= 0.6 is 11.3 Å². The van der Waals surface area contributed by atoms with Crippen LogP contribution in [0.25, 0.3) is 10.1 Å². The van der Waals surface area contributed by atoms with E-state index in [4.69, 9.17) is 0 Å². The molecule has 1 heterocycles. The molecule has 4 rings (SSSR count). The van der Waals surface area contributed by atoms with Gasteiger partial charge in [-0.25, -0.2) is 0 Å². The second kappa shape index (κ2) is 7.96. The minimum atomic E-state index is -0.572. The number of nitro groups is 1. The van der Waals surface area contributed by atoms with E-state index < -0.39 is 10.8 Å². The lowest BCUT2D eigenvalue weighted by Crippen LogP contribution is -2.12. The van der Waals surface area contributed by atoms with Gasteiger partial charge in [0.25, 0.3) is 11.6 Å². The molecule has 1 aromatic heterocycles. The number of nitro benzene ring substituents is 1. The minimum absolute atomic E-state index is 0.00735. The molecule has 6 nitrogen and oxygen atoms in total. The molecule has 3 aromatic carbocycles. The van der Waals surface area contributed by atoms with Crippen LogP contribution in [0.3, 0.4) is 0 Å². The van der Waals surface area contributed by atoms with Gasteiger partial charge in [0, 0.05) is 16.8 Å². The second-order valence-electron chi connectivity index (χ2n) is 6.98. The van der Waals surface area contributed by atoms with E-state index in [0.717, 1.165) is 32.8 Å². The molecule has 4 aromatic rings. The highest BCUT2D eigenvalue weighted by atomic mass is 32.1. The number of amides is 1. The summed E-state index contributed by atoms with van der Waals surface area (Å²) in [6.07, 6.45) is 0.577. The number of phenols is 1. The maximum Gasteiger partial charge on any atom is 0.271 e. The van der Waals surface area contributed by atoms with E-state index in [0.29, 0.717) is 11.3 Å². The SMILES string of the molecule is Cc1ccc(Cc2c(C(=O)Nc3cc([N+](=O)[O-])ccc3O)sc3ccccc23)cc1. The van der Waals surface area contributed by atoms with Crippen molar-refractivity contribution >= 4 is 38.7 Å². The van der Waals surface area contributed by atoms with E-state index in [1.54, 1.807) is 0 Å². The van der Waals surface area contributed by atoms with Gasteiger partial charge in [-0.3, -0.25) is 14.9 Å². The van der Waals surface area contributed by atoms with Crippen LogP contribution in [0.15, 0.2) is 66.7 Å². The Morgan fingerprint density at radius 2 is 1.83 bits per heavy atom. The molecule has 0 aliphatic rings. The highest BCUT2D eigenvalue weighted by Gasteiger charge is 2.20. The van der Waals surface area contributed by atoms with Gasteiger partial charge in [-0.15, -0.1) is 11.3 Å². The van der Waals surface area contributed by atoms with E-state index in [1.165, 1.54) is 23.5 Å². The molecular formula is C23H18N2O4S. The largest absolute Gasteiger partial charge is 0.506 e. The standard InChI is InChI=1S/C23H18N2O4S/c1-14-6-8-15(9-7-14)12-18-17-4-2-3-5-21(17)30-22(18)23(27)24-19-13-16(25(28)29)10-11-20(19)26/h2-11,13,26H,12H2,1H3,(H,24,27).